The third-order valence-electron chi connectivity index (χ3n) is 3.01. The van der Waals surface area contributed by atoms with Gasteiger partial charge >= 0.3 is 5.69 Å². The van der Waals surface area contributed by atoms with Crippen LogP contribution in [-0.4, -0.2) is 50.2 Å². The Hall–Kier alpha value is -1.77. The molecule has 1 aliphatic heterocycles. The van der Waals surface area contributed by atoms with Gasteiger partial charge in [0.2, 0.25) is 11.6 Å². The van der Waals surface area contributed by atoms with Crippen molar-refractivity contribution >= 4 is 28.1 Å². The van der Waals surface area contributed by atoms with Crippen molar-refractivity contribution in [1.29, 1.82) is 0 Å². The van der Waals surface area contributed by atoms with E-state index in [1.54, 1.807) is 4.90 Å². The summed E-state index contributed by atoms with van der Waals surface area (Å²) in [4.78, 5) is 20.7. The summed E-state index contributed by atoms with van der Waals surface area (Å²) in [5, 5.41) is 14.3. The average Bonchev–Trinajstić information content (AvgIpc) is 2.45. The van der Waals surface area contributed by atoms with E-state index in [0.717, 1.165) is 6.42 Å². The standard InChI is InChI=1S/C11H17N5O3S/c1-2-3-12-10-9(16(17)18)11(14-8-13-10)15-4-6-20(19)7-5-15/h8H,2-7H2,1H3,(H,12,13,14). The molecule has 0 bridgehead atoms. The van der Waals surface area contributed by atoms with Crippen molar-refractivity contribution in [2.45, 2.75) is 13.3 Å². The van der Waals surface area contributed by atoms with Gasteiger partial charge in [-0.2, -0.15) is 0 Å². The fourth-order valence-corrected chi connectivity index (χ4v) is 3.04. The van der Waals surface area contributed by atoms with E-state index in [2.05, 4.69) is 15.3 Å². The lowest BCUT2D eigenvalue weighted by atomic mass is 10.3. The van der Waals surface area contributed by atoms with Crippen LogP contribution in [0.5, 0.6) is 0 Å². The Labute approximate surface area is 119 Å². The zero-order chi connectivity index (χ0) is 14.5. The Morgan fingerprint density at radius 3 is 2.75 bits per heavy atom. The molecule has 0 saturated carbocycles. The predicted octanol–water partition coefficient (Wildman–Crippen LogP) is 0.775. The Bertz CT molecular complexity index is 515. The summed E-state index contributed by atoms with van der Waals surface area (Å²) < 4.78 is 11.4. The summed E-state index contributed by atoms with van der Waals surface area (Å²) in [6, 6.07) is 0. The summed E-state index contributed by atoms with van der Waals surface area (Å²) in [5.41, 5.74) is -0.103. The first-order valence-corrected chi connectivity index (χ1v) is 7.95. The number of rotatable bonds is 5. The number of hydrogen-bond acceptors (Lipinski definition) is 7. The first-order chi connectivity index (χ1) is 9.63. The predicted molar refractivity (Wildman–Crippen MR) is 77.6 cm³/mol. The molecule has 20 heavy (non-hydrogen) atoms. The summed E-state index contributed by atoms with van der Waals surface area (Å²) in [6.45, 7) is 3.61. The third-order valence-corrected chi connectivity index (χ3v) is 4.28. The molecule has 1 aromatic heterocycles. The largest absolute Gasteiger partial charge is 0.364 e. The van der Waals surface area contributed by atoms with Crippen LogP contribution in [0.15, 0.2) is 6.33 Å². The van der Waals surface area contributed by atoms with Crippen LogP contribution in [0.4, 0.5) is 17.3 Å². The second-order valence-electron chi connectivity index (χ2n) is 4.41. The molecule has 0 amide bonds. The minimum Gasteiger partial charge on any atom is -0.364 e. The molecule has 9 heteroatoms. The topological polar surface area (TPSA) is 101 Å². The minimum atomic E-state index is -0.833. The molecule has 1 N–H and O–H groups in total. The van der Waals surface area contributed by atoms with Gasteiger partial charge in [-0.1, -0.05) is 6.92 Å². The molecule has 1 saturated heterocycles. The van der Waals surface area contributed by atoms with Gasteiger partial charge in [0.15, 0.2) is 0 Å². The van der Waals surface area contributed by atoms with Gasteiger partial charge in [-0.15, -0.1) is 0 Å². The normalized spacial score (nSPS) is 16.1. The number of nitrogens with one attached hydrogen (secondary N) is 1. The second-order valence-corrected chi connectivity index (χ2v) is 6.11. The molecule has 0 aromatic carbocycles. The highest BCUT2D eigenvalue weighted by molar-refractivity contribution is 7.85. The number of nitro groups is 1. The molecule has 1 aliphatic rings. The van der Waals surface area contributed by atoms with Crippen molar-refractivity contribution in [2.75, 3.05) is 41.4 Å². The Balaban J connectivity index is 2.31. The van der Waals surface area contributed by atoms with E-state index in [4.69, 9.17) is 0 Å². The number of nitrogens with zero attached hydrogens (tertiary/aromatic N) is 4. The Morgan fingerprint density at radius 2 is 2.15 bits per heavy atom. The maximum atomic E-state index is 11.4. The number of aromatic nitrogens is 2. The van der Waals surface area contributed by atoms with E-state index in [1.165, 1.54) is 6.33 Å². The molecule has 2 heterocycles. The van der Waals surface area contributed by atoms with E-state index in [0.29, 0.717) is 37.0 Å². The van der Waals surface area contributed by atoms with Crippen molar-refractivity contribution in [3.05, 3.63) is 16.4 Å². The third kappa shape index (κ3) is 3.21. The van der Waals surface area contributed by atoms with Gasteiger partial charge in [0, 0.05) is 41.9 Å². The summed E-state index contributed by atoms with van der Waals surface area (Å²) in [5.74, 6) is 1.58. The maximum Gasteiger partial charge on any atom is 0.353 e. The molecule has 0 unspecified atom stereocenters. The van der Waals surface area contributed by atoms with E-state index >= 15 is 0 Å². The maximum absolute atomic E-state index is 11.4. The molecule has 0 radical (unpaired) electrons. The van der Waals surface area contributed by atoms with Gasteiger partial charge in [0.05, 0.1) is 4.92 Å². The average molecular weight is 299 g/mol. The van der Waals surface area contributed by atoms with E-state index in [1.807, 2.05) is 6.92 Å². The van der Waals surface area contributed by atoms with Crippen LogP contribution in [0.2, 0.25) is 0 Å². The molecule has 0 atom stereocenters. The number of anilines is 2. The summed E-state index contributed by atoms with van der Waals surface area (Å²) in [7, 11) is -0.833. The highest BCUT2D eigenvalue weighted by Crippen LogP contribution is 2.32. The number of hydrogen-bond donors (Lipinski definition) is 1. The molecule has 1 fully saturated rings. The fraction of sp³-hybridized carbons (Fsp3) is 0.636. The molecular formula is C11H17N5O3S. The van der Waals surface area contributed by atoms with Crippen LogP contribution >= 0.6 is 0 Å². The Morgan fingerprint density at radius 1 is 1.45 bits per heavy atom. The van der Waals surface area contributed by atoms with Crippen LogP contribution in [0.3, 0.4) is 0 Å². The van der Waals surface area contributed by atoms with Gasteiger partial charge < -0.3 is 10.2 Å². The summed E-state index contributed by atoms with van der Waals surface area (Å²) >= 11 is 0. The van der Waals surface area contributed by atoms with Gasteiger partial charge in [-0.3, -0.25) is 14.3 Å². The lowest BCUT2D eigenvalue weighted by Gasteiger charge is -2.27. The fourth-order valence-electron chi connectivity index (χ4n) is 1.99. The molecule has 0 spiro atoms. The SMILES string of the molecule is CCCNc1ncnc(N2CCS(=O)CC2)c1[N+](=O)[O-]. The molecule has 0 aliphatic carbocycles. The van der Waals surface area contributed by atoms with E-state index < -0.39 is 15.7 Å². The van der Waals surface area contributed by atoms with Crippen LogP contribution in [0, 0.1) is 10.1 Å². The molecular weight excluding hydrogens is 282 g/mol. The van der Waals surface area contributed by atoms with E-state index in [9.17, 15) is 14.3 Å². The van der Waals surface area contributed by atoms with Gasteiger partial charge in [0.1, 0.15) is 6.33 Å². The lowest BCUT2D eigenvalue weighted by Crippen LogP contribution is -2.38. The van der Waals surface area contributed by atoms with Crippen LogP contribution in [0.25, 0.3) is 0 Å². The molecule has 8 nitrogen and oxygen atoms in total. The first-order valence-electron chi connectivity index (χ1n) is 6.46. The highest BCUT2D eigenvalue weighted by Gasteiger charge is 2.28. The zero-order valence-electron chi connectivity index (χ0n) is 11.2. The molecule has 110 valence electrons. The molecule has 1 aromatic rings. The minimum absolute atomic E-state index is 0.103. The van der Waals surface area contributed by atoms with Crippen molar-refractivity contribution in [3.63, 3.8) is 0 Å². The highest BCUT2D eigenvalue weighted by atomic mass is 32.2. The monoisotopic (exact) mass is 299 g/mol. The molecule has 2 rings (SSSR count). The van der Waals surface area contributed by atoms with Gasteiger partial charge in [0.25, 0.3) is 0 Å². The smallest absolute Gasteiger partial charge is 0.353 e. The zero-order valence-corrected chi connectivity index (χ0v) is 12.1. The second kappa shape index (κ2) is 6.60. The van der Waals surface area contributed by atoms with Crippen molar-refractivity contribution in [1.82, 2.24) is 9.97 Å². The van der Waals surface area contributed by atoms with Crippen molar-refractivity contribution in [2.24, 2.45) is 0 Å². The Kier molecular flexibility index (Phi) is 4.83. The quantitative estimate of drug-likeness (QED) is 0.633. The lowest BCUT2D eigenvalue weighted by molar-refractivity contribution is -0.383. The van der Waals surface area contributed by atoms with Crippen LogP contribution < -0.4 is 10.2 Å². The van der Waals surface area contributed by atoms with Gasteiger partial charge in [-0.05, 0) is 6.42 Å². The van der Waals surface area contributed by atoms with Crippen molar-refractivity contribution in [3.8, 4) is 0 Å². The van der Waals surface area contributed by atoms with Gasteiger partial charge in [-0.25, -0.2) is 9.97 Å². The van der Waals surface area contributed by atoms with Crippen LogP contribution in [0.1, 0.15) is 13.3 Å². The first kappa shape index (κ1) is 14.6. The van der Waals surface area contributed by atoms with E-state index in [-0.39, 0.29) is 11.5 Å². The van der Waals surface area contributed by atoms with Crippen molar-refractivity contribution < 1.29 is 9.13 Å². The summed E-state index contributed by atoms with van der Waals surface area (Å²) in [6.07, 6.45) is 2.17. The van der Waals surface area contributed by atoms with Crippen LogP contribution in [-0.2, 0) is 10.8 Å².